The van der Waals surface area contributed by atoms with Crippen LogP contribution in [-0.4, -0.2) is 54.5 Å². The second-order valence-electron chi connectivity index (χ2n) is 6.58. The molecular formula is C19H23N3O3. The Morgan fingerprint density at radius 2 is 2.00 bits per heavy atom. The summed E-state index contributed by atoms with van der Waals surface area (Å²) >= 11 is 0. The van der Waals surface area contributed by atoms with Crippen molar-refractivity contribution in [3.63, 3.8) is 0 Å². The van der Waals surface area contributed by atoms with Crippen LogP contribution in [0.2, 0.25) is 0 Å². The molecule has 0 saturated carbocycles. The lowest BCUT2D eigenvalue weighted by Crippen LogP contribution is -2.44. The normalized spacial score (nSPS) is 24.5. The van der Waals surface area contributed by atoms with Gasteiger partial charge in [-0.3, -0.25) is 9.80 Å². The number of cyclic esters (lactones) is 1. The van der Waals surface area contributed by atoms with E-state index in [1.165, 1.54) is 5.69 Å². The van der Waals surface area contributed by atoms with E-state index in [0.717, 1.165) is 12.2 Å². The Labute approximate surface area is 147 Å². The third kappa shape index (κ3) is 3.27. The third-order valence-corrected chi connectivity index (χ3v) is 4.94. The smallest absolute Gasteiger partial charge is 0.414 e. The first-order valence-corrected chi connectivity index (χ1v) is 8.68. The molecule has 4 rings (SSSR count). The zero-order chi connectivity index (χ0) is 17.2. The average Bonchev–Trinajstić information content (AvgIpc) is 3.22. The molecule has 1 amide bonds. The van der Waals surface area contributed by atoms with E-state index in [1.807, 2.05) is 30.3 Å². The van der Waals surface area contributed by atoms with Crippen LogP contribution in [0.15, 0.2) is 48.7 Å². The highest BCUT2D eigenvalue weighted by atomic mass is 16.6. The first-order valence-electron chi connectivity index (χ1n) is 8.68. The fourth-order valence-corrected chi connectivity index (χ4v) is 3.65. The van der Waals surface area contributed by atoms with Gasteiger partial charge in [-0.05, 0) is 24.3 Å². The highest BCUT2D eigenvalue weighted by Gasteiger charge is 2.36. The maximum absolute atomic E-state index is 12.2. The lowest BCUT2D eigenvalue weighted by atomic mass is 10.1. The molecule has 0 spiro atoms. The number of nitrogens with zero attached hydrogens (tertiary/aromatic N) is 3. The van der Waals surface area contributed by atoms with Crippen molar-refractivity contribution < 1.29 is 14.3 Å². The quantitative estimate of drug-likeness (QED) is 0.857. The Morgan fingerprint density at radius 1 is 1.16 bits per heavy atom. The molecule has 1 aromatic heterocycles. The summed E-state index contributed by atoms with van der Waals surface area (Å²) in [4.78, 5) is 16.3. The standard InChI is InChI=1S/C19H23N3O3/c1-20-9-5-8-17(20)18-14-24-11-10-21(18)12-16-13-22(19(23)25-16)15-6-3-2-4-7-15/h2-9,16,18H,10-14H2,1H3/t16-,18-/m0/s1. The minimum absolute atomic E-state index is 0.131. The molecule has 1 aromatic carbocycles. The van der Waals surface area contributed by atoms with E-state index in [4.69, 9.17) is 9.47 Å². The highest BCUT2D eigenvalue weighted by molar-refractivity contribution is 5.89. The van der Waals surface area contributed by atoms with E-state index in [-0.39, 0.29) is 18.2 Å². The molecule has 0 aliphatic carbocycles. The summed E-state index contributed by atoms with van der Waals surface area (Å²) in [5, 5.41) is 0. The molecule has 0 radical (unpaired) electrons. The van der Waals surface area contributed by atoms with Gasteiger partial charge in [0.25, 0.3) is 0 Å². The van der Waals surface area contributed by atoms with E-state index < -0.39 is 0 Å². The highest BCUT2D eigenvalue weighted by Crippen LogP contribution is 2.27. The molecule has 2 aromatic rings. The molecule has 3 heterocycles. The lowest BCUT2D eigenvalue weighted by Gasteiger charge is -2.36. The summed E-state index contributed by atoms with van der Waals surface area (Å²) in [6, 6.07) is 14.1. The van der Waals surface area contributed by atoms with Crippen LogP contribution in [-0.2, 0) is 16.5 Å². The summed E-state index contributed by atoms with van der Waals surface area (Å²) in [6.07, 6.45) is 1.66. The fourth-order valence-electron chi connectivity index (χ4n) is 3.65. The molecule has 132 valence electrons. The molecule has 0 bridgehead atoms. The first-order chi connectivity index (χ1) is 12.2. The van der Waals surface area contributed by atoms with Crippen molar-refractivity contribution in [3.8, 4) is 0 Å². The van der Waals surface area contributed by atoms with Gasteiger partial charge in [-0.1, -0.05) is 18.2 Å². The summed E-state index contributed by atoms with van der Waals surface area (Å²) in [5.74, 6) is 0. The molecule has 2 aliphatic heterocycles. The second kappa shape index (κ2) is 6.90. The van der Waals surface area contributed by atoms with Gasteiger partial charge in [0, 0.05) is 37.7 Å². The van der Waals surface area contributed by atoms with Gasteiger partial charge in [0.05, 0.1) is 25.8 Å². The maximum Gasteiger partial charge on any atom is 0.414 e. The molecule has 0 unspecified atom stereocenters. The van der Waals surface area contributed by atoms with E-state index in [2.05, 4.69) is 34.8 Å². The zero-order valence-corrected chi connectivity index (χ0v) is 14.4. The topological polar surface area (TPSA) is 46.9 Å². The largest absolute Gasteiger partial charge is 0.443 e. The fraction of sp³-hybridized carbons (Fsp3) is 0.421. The molecular weight excluding hydrogens is 318 g/mol. The van der Waals surface area contributed by atoms with E-state index in [9.17, 15) is 4.79 Å². The van der Waals surface area contributed by atoms with Gasteiger partial charge < -0.3 is 14.0 Å². The van der Waals surface area contributed by atoms with Crippen molar-refractivity contribution in [2.24, 2.45) is 7.05 Å². The van der Waals surface area contributed by atoms with E-state index in [0.29, 0.717) is 26.3 Å². The average molecular weight is 341 g/mol. The number of carbonyl (C=O) groups is 1. The predicted molar refractivity (Wildman–Crippen MR) is 94.6 cm³/mol. The number of amides is 1. The van der Waals surface area contributed by atoms with Gasteiger partial charge in [-0.25, -0.2) is 4.79 Å². The van der Waals surface area contributed by atoms with Crippen molar-refractivity contribution >= 4 is 11.8 Å². The zero-order valence-electron chi connectivity index (χ0n) is 14.4. The van der Waals surface area contributed by atoms with Gasteiger partial charge in [-0.15, -0.1) is 0 Å². The van der Waals surface area contributed by atoms with Crippen LogP contribution in [0.25, 0.3) is 0 Å². The van der Waals surface area contributed by atoms with Gasteiger partial charge in [0.2, 0.25) is 0 Å². The number of aromatic nitrogens is 1. The van der Waals surface area contributed by atoms with Crippen LogP contribution in [0.5, 0.6) is 0 Å². The van der Waals surface area contributed by atoms with Gasteiger partial charge in [-0.2, -0.15) is 0 Å². The minimum Gasteiger partial charge on any atom is -0.443 e. The minimum atomic E-state index is -0.264. The molecule has 25 heavy (non-hydrogen) atoms. The summed E-state index contributed by atoms with van der Waals surface area (Å²) < 4.78 is 13.4. The number of para-hydroxylation sites is 1. The molecule has 6 nitrogen and oxygen atoms in total. The third-order valence-electron chi connectivity index (χ3n) is 4.94. The molecule has 2 fully saturated rings. The Kier molecular flexibility index (Phi) is 4.46. The number of benzene rings is 1. The number of ether oxygens (including phenoxy) is 2. The summed E-state index contributed by atoms with van der Waals surface area (Å²) in [5.41, 5.74) is 2.11. The Bertz CT molecular complexity index is 731. The summed E-state index contributed by atoms with van der Waals surface area (Å²) in [6.45, 7) is 3.52. The van der Waals surface area contributed by atoms with Crippen molar-refractivity contribution in [3.05, 3.63) is 54.4 Å². The first kappa shape index (κ1) is 16.2. The molecule has 2 saturated heterocycles. The lowest BCUT2D eigenvalue weighted by molar-refractivity contribution is -0.0259. The summed E-state index contributed by atoms with van der Waals surface area (Å²) in [7, 11) is 2.05. The van der Waals surface area contributed by atoms with Crippen LogP contribution in [0.1, 0.15) is 11.7 Å². The van der Waals surface area contributed by atoms with Gasteiger partial charge >= 0.3 is 6.09 Å². The molecule has 2 aliphatic rings. The number of morpholine rings is 1. The van der Waals surface area contributed by atoms with Crippen LogP contribution < -0.4 is 4.90 Å². The van der Waals surface area contributed by atoms with Crippen molar-refractivity contribution in [1.29, 1.82) is 0 Å². The molecule has 2 atom stereocenters. The maximum atomic E-state index is 12.2. The number of carbonyl (C=O) groups excluding carboxylic acids is 1. The Morgan fingerprint density at radius 3 is 2.76 bits per heavy atom. The predicted octanol–water partition coefficient (Wildman–Crippen LogP) is 2.42. The number of aryl methyl sites for hydroxylation is 1. The van der Waals surface area contributed by atoms with E-state index in [1.54, 1.807) is 4.90 Å². The number of hydrogen-bond acceptors (Lipinski definition) is 4. The van der Waals surface area contributed by atoms with Crippen LogP contribution >= 0.6 is 0 Å². The van der Waals surface area contributed by atoms with Crippen LogP contribution in [0.3, 0.4) is 0 Å². The van der Waals surface area contributed by atoms with Gasteiger partial charge in [0.1, 0.15) is 6.10 Å². The van der Waals surface area contributed by atoms with Crippen LogP contribution in [0, 0.1) is 0 Å². The molecule has 6 heteroatoms. The SMILES string of the molecule is Cn1cccc1[C@@H]1COCCN1C[C@H]1CN(c2ccccc2)C(=O)O1. The van der Waals surface area contributed by atoms with Crippen molar-refractivity contribution in [2.45, 2.75) is 12.1 Å². The monoisotopic (exact) mass is 341 g/mol. The Balaban J connectivity index is 1.46. The van der Waals surface area contributed by atoms with E-state index >= 15 is 0 Å². The van der Waals surface area contributed by atoms with Crippen molar-refractivity contribution in [2.75, 3.05) is 37.7 Å². The Hall–Kier alpha value is -2.31. The number of hydrogen-bond donors (Lipinski definition) is 0. The van der Waals surface area contributed by atoms with Crippen molar-refractivity contribution in [1.82, 2.24) is 9.47 Å². The molecule has 0 N–H and O–H groups in total. The van der Waals surface area contributed by atoms with Gasteiger partial charge in [0.15, 0.2) is 0 Å². The number of rotatable bonds is 4. The number of anilines is 1. The van der Waals surface area contributed by atoms with Crippen LogP contribution in [0.4, 0.5) is 10.5 Å². The second-order valence-corrected chi connectivity index (χ2v) is 6.58.